The van der Waals surface area contributed by atoms with Crippen molar-refractivity contribution in [3.05, 3.63) is 72.8 Å². The van der Waals surface area contributed by atoms with E-state index in [1.807, 2.05) is 0 Å². The first-order valence-electron chi connectivity index (χ1n) is 15.2. The van der Waals surface area contributed by atoms with Gasteiger partial charge in [0.25, 0.3) is 0 Å². The van der Waals surface area contributed by atoms with Gasteiger partial charge in [0.1, 0.15) is 40.5 Å². The Bertz CT molecular complexity index is 3110. The average molecular weight is 1070 g/mol. The third-order valence-corrected chi connectivity index (χ3v) is 11.5. The van der Waals surface area contributed by atoms with Crippen molar-refractivity contribution in [2.24, 2.45) is 20.5 Å². The van der Waals surface area contributed by atoms with E-state index < -0.39 is 139 Å². The van der Waals surface area contributed by atoms with E-state index >= 15 is 0 Å². The minimum Gasteiger partial charge on any atom is -0.871 e. The molecule has 352 valence electrons. The Kier molecular flexibility index (Phi) is 18.7. The Hall–Kier alpha value is -5.64. The summed E-state index contributed by atoms with van der Waals surface area (Å²) >= 11 is 0. The number of quaternary nitrogens is 4. The van der Waals surface area contributed by atoms with Crippen molar-refractivity contribution in [1.29, 1.82) is 0 Å². The second-order valence-electron chi connectivity index (χ2n) is 11.9. The third-order valence-electron chi connectivity index (χ3n) is 8.15. The number of fused-ring (bicyclic) bond motifs is 2. The van der Waals surface area contributed by atoms with Crippen molar-refractivity contribution in [1.82, 2.24) is 24.6 Å². The van der Waals surface area contributed by atoms with E-state index in [9.17, 15) is 72.3 Å². The van der Waals surface area contributed by atoms with Crippen LogP contribution in [0.4, 0.5) is 34.1 Å². The summed E-state index contributed by atoms with van der Waals surface area (Å²) in [6.45, 7) is 0. The molecule has 6 rings (SSSR count). The summed E-state index contributed by atoms with van der Waals surface area (Å²) < 4.78 is 141. The maximum absolute atomic E-state index is 13.2. The van der Waals surface area contributed by atoms with Crippen LogP contribution in [0.3, 0.4) is 0 Å². The van der Waals surface area contributed by atoms with Crippen LogP contribution >= 0.6 is 0 Å². The molecule has 2 radical (unpaired) electrons. The number of azo groups is 2. The normalized spacial score (nSPS) is 11.8. The maximum atomic E-state index is 13.2. The molecule has 0 atom stereocenters. The minimum absolute atomic E-state index is 0. The van der Waals surface area contributed by atoms with Gasteiger partial charge in [-0.2, -0.15) is 10.2 Å². The largest absolute Gasteiger partial charge is 2.00 e. The van der Waals surface area contributed by atoms with E-state index in [2.05, 4.69) is 20.5 Å². The van der Waals surface area contributed by atoms with Gasteiger partial charge in [-0.05, 0) is 81.2 Å². The maximum Gasteiger partial charge on any atom is 2.00 e. The molecule has 0 amide bonds. The quantitative estimate of drug-likeness (QED) is 0.0524. The summed E-state index contributed by atoms with van der Waals surface area (Å²) in [5.41, 5.74) is 7.32. The van der Waals surface area contributed by atoms with Crippen LogP contribution in [0.1, 0.15) is 0 Å². The van der Waals surface area contributed by atoms with Crippen molar-refractivity contribution in [2.45, 2.75) is 19.6 Å². The van der Waals surface area contributed by atoms with E-state index in [4.69, 9.17) is 11.5 Å². The van der Waals surface area contributed by atoms with Gasteiger partial charge in [0.15, 0.2) is 0 Å². The number of rotatable bonds is 9. The number of nitrogens with zero attached hydrogens (tertiary/aromatic N) is 4. The van der Waals surface area contributed by atoms with Gasteiger partial charge in [-0.1, -0.05) is 47.3 Å². The molecule has 0 aliphatic heterocycles. The van der Waals surface area contributed by atoms with E-state index in [1.165, 1.54) is 12.1 Å². The fraction of sp³-hybridized carbons (Fsp3) is 0. The second kappa shape index (κ2) is 20.5. The molecule has 6 aromatic rings. The standard InChI is InChI=1S/C32H24N6O16S4.2Cu.4H3N/c33-19-11-17(55(43,44)45)5-15-9-25(57(49,50)51)29(31(41)27(15)19)37-35-21-3-1-13(7-23(21)39)14-2-4-22(24(40)8-14)36-38-30-26(58(52,53)54)10-16-6-18(56(46,47)48)12-20(34)28(16)32(30)42;;;;;;/h1-12,39-42H,33-34H2,(H,43,44,45)(H,46,47,48)(H,49,50,51)(H,52,53,54);;;4*1H3/q;2*+2;;;;/p-4. The van der Waals surface area contributed by atoms with Gasteiger partial charge < -0.3 is 74.7 Å². The number of benzene rings is 6. The topological polar surface area (TPSA) is 569 Å². The fourth-order valence-corrected chi connectivity index (χ4v) is 7.94. The molecule has 0 bridgehead atoms. The molecule has 6 aromatic carbocycles. The number of anilines is 2. The number of nitrogen functional groups attached to an aromatic ring is 2. The molecular weight excluding hydrogens is 1040 g/mol. The average Bonchev–Trinajstić information content (AvgIpc) is 3.09. The molecule has 0 spiro atoms. The van der Waals surface area contributed by atoms with E-state index in [-0.39, 0.29) is 69.9 Å². The van der Waals surface area contributed by atoms with Crippen LogP contribution in [-0.2, 0) is 74.6 Å². The summed E-state index contributed by atoms with van der Waals surface area (Å²) in [5.74, 6) is -4.43. The van der Waals surface area contributed by atoms with Crippen molar-refractivity contribution >= 4 is 96.1 Å². The van der Waals surface area contributed by atoms with Gasteiger partial charge in [-0.15, -0.1) is 10.2 Å². The van der Waals surface area contributed by atoms with Gasteiger partial charge >= 0.3 is 34.1 Å². The molecule has 0 aliphatic carbocycles. The molecule has 26 nitrogen and oxygen atoms in total. The van der Waals surface area contributed by atoms with Crippen LogP contribution in [-0.4, -0.2) is 51.9 Å². The molecule has 0 aromatic heterocycles. The zero-order chi connectivity index (χ0) is 42.9. The first kappa shape index (κ1) is 58.4. The second-order valence-corrected chi connectivity index (χ2v) is 17.4. The Morgan fingerprint density at radius 1 is 0.422 bits per heavy atom. The van der Waals surface area contributed by atoms with Crippen molar-refractivity contribution in [2.75, 3.05) is 11.5 Å². The van der Waals surface area contributed by atoms with Gasteiger partial charge in [-0.25, -0.2) is 33.7 Å². The van der Waals surface area contributed by atoms with Crippen LogP contribution in [0.15, 0.2) is 113 Å². The van der Waals surface area contributed by atoms with Crippen LogP contribution in [0, 0.1) is 0 Å². The minimum atomic E-state index is -5.50. The van der Waals surface area contributed by atoms with Crippen molar-refractivity contribution in [3.8, 4) is 34.1 Å². The fourth-order valence-electron chi connectivity index (χ4n) is 5.57. The molecule has 0 saturated heterocycles. The predicted octanol–water partition coefficient (Wildman–Crippen LogP) is 3.07. The number of nitrogens with two attached hydrogens (primary N) is 2. The summed E-state index contributed by atoms with van der Waals surface area (Å²) in [7, 11) is -21.3. The molecule has 64 heavy (non-hydrogen) atoms. The van der Waals surface area contributed by atoms with E-state index in [0.29, 0.717) is 36.4 Å². The van der Waals surface area contributed by atoms with Gasteiger partial charge in [0, 0.05) is 11.4 Å². The SMILES string of the molecule is Nc1cc(S(=O)(=O)[O-])cc2cc(S(=O)(=O)[O-])c(N=Nc3ccc(-c4ccc(N=Nc5c(S(=O)(=O)[O-])cc6cc(S(=O)(=O)[O-])cc(N)c6c5[O-])c([O-])c4)cc3[O-])c([O-])c12.[Cu+2].[Cu+2].[NH4+].[NH4+].[NH4+].[NH4+]. The van der Waals surface area contributed by atoms with Crippen LogP contribution in [0.2, 0.25) is 0 Å². The number of hydrogen-bond donors (Lipinski definition) is 6. The predicted molar refractivity (Wildman–Crippen MR) is 211 cm³/mol. The summed E-state index contributed by atoms with van der Waals surface area (Å²) in [4.78, 5) is -4.38. The van der Waals surface area contributed by atoms with Gasteiger partial charge in [0.05, 0.1) is 42.3 Å². The molecule has 0 saturated carbocycles. The van der Waals surface area contributed by atoms with Crippen LogP contribution in [0.5, 0.6) is 23.0 Å². The molecule has 0 unspecified atom stereocenters. The summed E-state index contributed by atoms with van der Waals surface area (Å²) in [5, 5.41) is 64.5. The molecule has 0 heterocycles. The molecular formula is C32H32Cu2N10O16S4. The van der Waals surface area contributed by atoms with Crippen molar-refractivity contribution in [3.63, 3.8) is 0 Å². The van der Waals surface area contributed by atoms with Crippen molar-refractivity contribution < 1.29 is 106 Å². The molecule has 0 fully saturated rings. The Morgan fingerprint density at radius 3 is 1.00 bits per heavy atom. The van der Waals surface area contributed by atoms with Crippen LogP contribution in [0.25, 0.3) is 32.7 Å². The van der Waals surface area contributed by atoms with Crippen LogP contribution < -0.4 is 56.5 Å². The smallest absolute Gasteiger partial charge is 0.871 e. The molecule has 32 heteroatoms. The van der Waals surface area contributed by atoms with E-state index in [0.717, 1.165) is 24.3 Å². The Balaban J connectivity index is 0.00000661. The van der Waals surface area contributed by atoms with Gasteiger partial charge in [-0.3, -0.25) is 0 Å². The Morgan fingerprint density at radius 2 is 0.734 bits per heavy atom. The summed E-state index contributed by atoms with van der Waals surface area (Å²) in [6.07, 6.45) is 0. The monoisotopic (exact) mass is 1070 g/mol. The first-order valence-corrected chi connectivity index (χ1v) is 20.8. The van der Waals surface area contributed by atoms with E-state index in [1.54, 1.807) is 0 Å². The molecule has 20 N–H and O–H groups in total. The van der Waals surface area contributed by atoms with Gasteiger partial charge in [0.2, 0.25) is 0 Å². The zero-order valence-electron chi connectivity index (χ0n) is 32.6. The molecule has 0 aliphatic rings. The summed E-state index contributed by atoms with van der Waals surface area (Å²) in [6, 6.07) is 10.1. The first-order chi connectivity index (χ1) is 26.8. The zero-order valence-corrected chi connectivity index (χ0v) is 37.8. The Labute approximate surface area is 383 Å². The number of hydrogen-bond acceptors (Lipinski definition) is 22. The third kappa shape index (κ3) is 11.5.